The topological polar surface area (TPSA) is 0 Å². The first kappa shape index (κ1) is 20.3. The Kier molecular flexibility index (Phi) is 4.69. The minimum Gasteiger partial charge on any atom is -0.0651 e. The van der Waals surface area contributed by atoms with Crippen LogP contribution in [0.5, 0.6) is 0 Å². The summed E-state index contributed by atoms with van der Waals surface area (Å²) in [6, 6.07) is 0. The molecule has 0 amide bonds. The van der Waals surface area contributed by atoms with Crippen LogP contribution in [0.15, 0.2) is 0 Å². The molecule has 4 aliphatic carbocycles. The molecule has 4 saturated carbocycles. The predicted octanol–water partition coefficient (Wildman–Crippen LogP) is 8.35. The molecule has 0 saturated heterocycles. The van der Waals surface area contributed by atoms with Crippen LogP contribution in [0.25, 0.3) is 0 Å². The van der Waals surface area contributed by atoms with E-state index in [-0.39, 0.29) is 0 Å². The average molecular weight is 373 g/mol. The van der Waals surface area contributed by atoms with Crippen molar-refractivity contribution in [3.8, 4) is 0 Å². The van der Waals surface area contributed by atoms with Gasteiger partial charge < -0.3 is 0 Å². The molecule has 0 heterocycles. The first-order chi connectivity index (χ1) is 12.4. The molecule has 0 aromatic carbocycles. The quantitative estimate of drug-likeness (QED) is 0.457. The minimum atomic E-state index is 0.541. The first-order valence-corrected chi connectivity index (χ1v) is 12.4. The van der Waals surface area contributed by atoms with Gasteiger partial charge in [-0.1, -0.05) is 61.8 Å². The molecule has 0 aliphatic heterocycles. The van der Waals surface area contributed by atoms with E-state index in [4.69, 9.17) is 0 Å². The van der Waals surface area contributed by atoms with Crippen LogP contribution in [0.4, 0.5) is 0 Å². The number of hydrogen-bond acceptors (Lipinski definition) is 0. The summed E-state index contributed by atoms with van der Waals surface area (Å²) < 4.78 is 0. The second-order valence-corrected chi connectivity index (χ2v) is 13.6. The van der Waals surface area contributed by atoms with E-state index < -0.39 is 0 Å². The minimum absolute atomic E-state index is 0.541. The zero-order valence-electron chi connectivity index (χ0n) is 19.8. The summed E-state index contributed by atoms with van der Waals surface area (Å²) in [5.41, 5.74) is 2.38. The lowest BCUT2D eigenvalue weighted by Crippen LogP contribution is -2.59. The molecule has 156 valence electrons. The van der Waals surface area contributed by atoms with Gasteiger partial charge in [-0.25, -0.2) is 0 Å². The fourth-order valence-electron chi connectivity index (χ4n) is 9.61. The Hall–Kier alpha value is 0. The van der Waals surface area contributed by atoms with Crippen LogP contribution in [0.3, 0.4) is 0 Å². The molecule has 8 unspecified atom stereocenters. The molecule has 27 heavy (non-hydrogen) atoms. The molecule has 4 aliphatic rings. The van der Waals surface area contributed by atoms with E-state index in [0.29, 0.717) is 21.7 Å². The van der Waals surface area contributed by atoms with Crippen molar-refractivity contribution in [3.63, 3.8) is 0 Å². The van der Waals surface area contributed by atoms with Crippen LogP contribution in [0.2, 0.25) is 0 Å². The van der Waals surface area contributed by atoms with E-state index in [1.165, 1.54) is 57.8 Å². The molecule has 0 heteroatoms. The third-order valence-corrected chi connectivity index (χ3v) is 11.3. The Labute approximate surface area is 170 Å². The van der Waals surface area contributed by atoms with E-state index in [0.717, 1.165) is 35.5 Å². The molecule has 0 radical (unpaired) electrons. The van der Waals surface area contributed by atoms with Gasteiger partial charge in [-0.15, -0.1) is 0 Å². The predicted molar refractivity (Wildman–Crippen MR) is 118 cm³/mol. The van der Waals surface area contributed by atoms with Crippen molar-refractivity contribution in [2.45, 2.75) is 113 Å². The van der Waals surface area contributed by atoms with E-state index in [1.807, 2.05) is 0 Å². The molecule has 4 rings (SSSR count). The smallest absolute Gasteiger partial charge is 0.0264 e. The summed E-state index contributed by atoms with van der Waals surface area (Å²) in [6.07, 6.45) is 13.4. The van der Waals surface area contributed by atoms with Crippen molar-refractivity contribution in [1.82, 2.24) is 0 Å². The van der Waals surface area contributed by atoms with Gasteiger partial charge >= 0.3 is 0 Å². The Morgan fingerprint density at radius 2 is 1.44 bits per heavy atom. The second kappa shape index (κ2) is 6.25. The van der Waals surface area contributed by atoms with Gasteiger partial charge in [-0.05, 0) is 109 Å². The summed E-state index contributed by atoms with van der Waals surface area (Å²) in [4.78, 5) is 0. The van der Waals surface area contributed by atoms with Gasteiger partial charge in [0.25, 0.3) is 0 Å². The van der Waals surface area contributed by atoms with Crippen LogP contribution in [0.1, 0.15) is 113 Å². The molecule has 0 aromatic rings. The summed E-state index contributed by atoms with van der Waals surface area (Å²) >= 11 is 0. The summed E-state index contributed by atoms with van der Waals surface area (Å²) in [5.74, 6) is 5.84. The number of rotatable bonds is 2. The van der Waals surface area contributed by atoms with Crippen molar-refractivity contribution in [2.75, 3.05) is 0 Å². The van der Waals surface area contributed by atoms with Crippen LogP contribution < -0.4 is 0 Å². The van der Waals surface area contributed by atoms with Gasteiger partial charge in [0.1, 0.15) is 0 Å². The van der Waals surface area contributed by atoms with Gasteiger partial charge in [0.2, 0.25) is 0 Å². The number of hydrogen-bond donors (Lipinski definition) is 0. The van der Waals surface area contributed by atoms with Crippen LogP contribution in [0, 0.1) is 57.2 Å². The third kappa shape index (κ3) is 2.89. The highest BCUT2D eigenvalue weighted by Gasteiger charge is 2.64. The van der Waals surface area contributed by atoms with Crippen molar-refractivity contribution in [2.24, 2.45) is 57.2 Å². The van der Waals surface area contributed by atoms with Crippen molar-refractivity contribution in [3.05, 3.63) is 0 Å². The van der Waals surface area contributed by atoms with Crippen LogP contribution in [-0.4, -0.2) is 0 Å². The molecule has 4 fully saturated rings. The van der Waals surface area contributed by atoms with Gasteiger partial charge in [-0.2, -0.15) is 0 Å². The zero-order chi connectivity index (χ0) is 19.8. The van der Waals surface area contributed by atoms with Crippen LogP contribution >= 0.6 is 0 Å². The average Bonchev–Trinajstić information content (AvgIpc) is 2.92. The highest BCUT2D eigenvalue weighted by atomic mass is 14.7. The highest BCUT2D eigenvalue weighted by Crippen LogP contribution is 2.72. The highest BCUT2D eigenvalue weighted by molar-refractivity contribution is 5.13. The van der Waals surface area contributed by atoms with Crippen LogP contribution in [-0.2, 0) is 0 Å². The van der Waals surface area contributed by atoms with E-state index in [1.54, 1.807) is 0 Å². The van der Waals surface area contributed by atoms with Gasteiger partial charge in [0.15, 0.2) is 0 Å². The second-order valence-electron chi connectivity index (χ2n) is 13.6. The van der Waals surface area contributed by atoms with Crippen molar-refractivity contribution < 1.29 is 0 Å². The lowest BCUT2D eigenvalue weighted by atomic mass is 9.38. The fourth-order valence-corrected chi connectivity index (χ4v) is 9.61. The van der Waals surface area contributed by atoms with Gasteiger partial charge in [0, 0.05) is 0 Å². The summed E-state index contributed by atoms with van der Waals surface area (Å²) in [7, 11) is 0. The third-order valence-electron chi connectivity index (χ3n) is 11.3. The van der Waals surface area contributed by atoms with Gasteiger partial charge in [-0.3, -0.25) is 0 Å². The normalized spacial score (nSPS) is 51.8. The van der Waals surface area contributed by atoms with Gasteiger partial charge in [0.05, 0.1) is 0 Å². The Morgan fingerprint density at radius 3 is 2.11 bits per heavy atom. The van der Waals surface area contributed by atoms with E-state index in [9.17, 15) is 0 Å². The zero-order valence-corrected chi connectivity index (χ0v) is 19.8. The number of fused-ring (bicyclic) bond motifs is 5. The molecular formula is C27H48. The lowest BCUT2D eigenvalue weighted by molar-refractivity contribution is -0.179. The fraction of sp³-hybridized carbons (Fsp3) is 1.00. The molecule has 0 spiro atoms. The van der Waals surface area contributed by atoms with Crippen molar-refractivity contribution in [1.29, 1.82) is 0 Å². The maximum Gasteiger partial charge on any atom is -0.0264 e. The Balaban J connectivity index is 1.68. The Bertz CT molecular complexity index is 571. The standard InChI is InChI=1S/C27H48/c1-9-18(2)20-10-11-21-23-22(12-13-27(20,21)8)26(7)15-14-24(3,4)16-19(26)17-25(23,5)6/h18-23H,9-17H2,1-8H3. The maximum atomic E-state index is 2.74. The maximum absolute atomic E-state index is 2.74. The van der Waals surface area contributed by atoms with E-state index in [2.05, 4.69) is 55.4 Å². The lowest BCUT2D eigenvalue weighted by Gasteiger charge is -2.67. The largest absolute Gasteiger partial charge is 0.0651 e. The monoisotopic (exact) mass is 372 g/mol. The van der Waals surface area contributed by atoms with E-state index >= 15 is 0 Å². The molecular weight excluding hydrogens is 324 g/mol. The summed E-state index contributed by atoms with van der Waals surface area (Å²) in [6.45, 7) is 20.9. The molecule has 8 atom stereocenters. The first-order valence-electron chi connectivity index (χ1n) is 12.4. The molecule has 0 bridgehead atoms. The molecule has 0 aromatic heterocycles. The Morgan fingerprint density at radius 1 is 0.778 bits per heavy atom. The molecule has 0 N–H and O–H groups in total. The molecule has 0 nitrogen and oxygen atoms in total. The summed E-state index contributed by atoms with van der Waals surface area (Å²) in [5, 5.41) is 0. The SMILES string of the molecule is CCC(C)C1CCC2C3C(CCC12C)C1(C)CCC(C)(C)CC1CC3(C)C. The van der Waals surface area contributed by atoms with Crippen molar-refractivity contribution >= 4 is 0 Å².